The molecule has 4 atom stereocenters. The minimum atomic E-state index is 0.766. The lowest BCUT2D eigenvalue weighted by atomic mass is 9.96. The van der Waals surface area contributed by atoms with Crippen molar-refractivity contribution in [3.05, 3.63) is 0 Å². The lowest BCUT2D eigenvalue weighted by molar-refractivity contribution is 0.320. The third-order valence-electron chi connectivity index (χ3n) is 4.31. The van der Waals surface area contributed by atoms with Gasteiger partial charge in [0.1, 0.15) is 0 Å². The Morgan fingerprint density at radius 3 is 2.40 bits per heavy atom. The SMILES string of the molecule is CCCCC(CC)NC1CCC(C)C1C. The van der Waals surface area contributed by atoms with E-state index in [9.17, 15) is 0 Å². The first-order valence-electron chi connectivity index (χ1n) is 6.95. The molecule has 0 aromatic heterocycles. The Bertz CT molecular complexity index is 167. The molecule has 0 aromatic rings. The van der Waals surface area contributed by atoms with Crippen LogP contribution in [0, 0.1) is 11.8 Å². The van der Waals surface area contributed by atoms with Crippen LogP contribution < -0.4 is 5.32 Å². The van der Waals surface area contributed by atoms with Crippen LogP contribution in [-0.2, 0) is 0 Å². The smallest absolute Gasteiger partial charge is 0.00979 e. The summed E-state index contributed by atoms with van der Waals surface area (Å²) in [7, 11) is 0. The van der Waals surface area contributed by atoms with Gasteiger partial charge in [-0.25, -0.2) is 0 Å². The molecule has 15 heavy (non-hydrogen) atoms. The third kappa shape index (κ3) is 3.79. The molecule has 0 aromatic carbocycles. The van der Waals surface area contributed by atoms with Crippen LogP contribution in [0.5, 0.6) is 0 Å². The number of rotatable bonds is 6. The Morgan fingerprint density at radius 1 is 1.20 bits per heavy atom. The van der Waals surface area contributed by atoms with E-state index in [-0.39, 0.29) is 0 Å². The first kappa shape index (κ1) is 13.0. The van der Waals surface area contributed by atoms with E-state index in [2.05, 4.69) is 33.0 Å². The average Bonchev–Trinajstić information content (AvgIpc) is 2.55. The standard InChI is InChI=1S/C14H29N/c1-5-7-8-13(6-2)15-14-10-9-11(3)12(14)4/h11-15H,5-10H2,1-4H3. The predicted molar refractivity (Wildman–Crippen MR) is 68.1 cm³/mol. The van der Waals surface area contributed by atoms with Gasteiger partial charge in [-0.3, -0.25) is 0 Å². The van der Waals surface area contributed by atoms with Crippen LogP contribution >= 0.6 is 0 Å². The minimum absolute atomic E-state index is 0.766. The summed E-state index contributed by atoms with van der Waals surface area (Å²) in [5.74, 6) is 1.80. The largest absolute Gasteiger partial charge is 0.311 e. The van der Waals surface area contributed by atoms with E-state index < -0.39 is 0 Å². The maximum Gasteiger partial charge on any atom is 0.00979 e. The van der Waals surface area contributed by atoms with Crippen LogP contribution in [-0.4, -0.2) is 12.1 Å². The van der Waals surface area contributed by atoms with Gasteiger partial charge in [0.25, 0.3) is 0 Å². The van der Waals surface area contributed by atoms with E-state index in [4.69, 9.17) is 0 Å². The fourth-order valence-corrected chi connectivity index (χ4v) is 2.76. The second-order valence-corrected chi connectivity index (χ2v) is 5.43. The van der Waals surface area contributed by atoms with Gasteiger partial charge in [0.05, 0.1) is 0 Å². The summed E-state index contributed by atoms with van der Waals surface area (Å²) in [5.41, 5.74) is 0. The summed E-state index contributed by atoms with van der Waals surface area (Å²) in [4.78, 5) is 0. The van der Waals surface area contributed by atoms with Gasteiger partial charge in [0, 0.05) is 12.1 Å². The minimum Gasteiger partial charge on any atom is -0.311 e. The van der Waals surface area contributed by atoms with Gasteiger partial charge in [-0.2, -0.15) is 0 Å². The van der Waals surface area contributed by atoms with Crippen molar-refractivity contribution < 1.29 is 0 Å². The van der Waals surface area contributed by atoms with Crippen LogP contribution in [0.1, 0.15) is 66.2 Å². The van der Waals surface area contributed by atoms with Crippen LogP contribution in [0.25, 0.3) is 0 Å². The number of hydrogen-bond acceptors (Lipinski definition) is 1. The molecule has 1 N–H and O–H groups in total. The summed E-state index contributed by atoms with van der Waals surface area (Å²) < 4.78 is 0. The predicted octanol–water partition coefficient (Wildman–Crippen LogP) is 3.98. The zero-order valence-corrected chi connectivity index (χ0v) is 11.1. The van der Waals surface area contributed by atoms with Crippen molar-refractivity contribution in [1.82, 2.24) is 5.32 Å². The fourth-order valence-electron chi connectivity index (χ4n) is 2.76. The van der Waals surface area contributed by atoms with Gasteiger partial charge in [0.2, 0.25) is 0 Å². The van der Waals surface area contributed by atoms with E-state index >= 15 is 0 Å². The van der Waals surface area contributed by atoms with E-state index in [0.29, 0.717) is 0 Å². The molecule has 90 valence electrons. The maximum atomic E-state index is 3.88. The summed E-state index contributed by atoms with van der Waals surface area (Å²) in [6, 6.07) is 1.56. The van der Waals surface area contributed by atoms with Crippen molar-refractivity contribution in [3.8, 4) is 0 Å². The van der Waals surface area contributed by atoms with Crippen LogP contribution in [0.2, 0.25) is 0 Å². The molecule has 1 aliphatic rings. The van der Waals surface area contributed by atoms with Gasteiger partial charge in [-0.05, 0) is 37.5 Å². The Kier molecular flexibility index (Phi) is 5.66. The maximum absolute atomic E-state index is 3.88. The number of unbranched alkanes of at least 4 members (excludes halogenated alkanes) is 1. The van der Waals surface area contributed by atoms with Gasteiger partial charge in [0.15, 0.2) is 0 Å². The van der Waals surface area contributed by atoms with E-state index in [1.807, 2.05) is 0 Å². The molecule has 0 amide bonds. The van der Waals surface area contributed by atoms with Crippen molar-refractivity contribution in [3.63, 3.8) is 0 Å². The number of nitrogens with one attached hydrogen (secondary N) is 1. The highest BCUT2D eigenvalue weighted by Crippen LogP contribution is 2.31. The quantitative estimate of drug-likeness (QED) is 0.701. The average molecular weight is 211 g/mol. The first-order chi connectivity index (χ1) is 7.19. The van der Waals surface area contributed by atoms with Crippen LogP contribution in [0.15, 0.2) is 0 Å². The molecular weight excluding hydrogens is 182 g/mol. The molecule has 1 heteroatoms. The van der Waals surface area contributed by atoms with Crippen molar-refractivity contribution >= 4 is 0 Å². The molecule has 1 aliphatic carbocycles. The van der Waals surface area contributed by atoms with Crippen LogP contribution in [0.4, 0.5) is 0 Å². The lowest BCUT2D eigenvalue weighted by Crippen LogP contribution is -2.40. The zero-order chi connectivity index (χ0) is 11.3. The van der Waals surface area contributed by atoms with Crippen molar-refractivity contribution in [2.24, 2.45) is 11.8 Å². The Hall–Kier alpha value is -0.0400. The topological polar surface area (TPSA) is 12.0 Å². The molecule has 0 saturated heterocycles. The molecule has 4 unspecified atom stereocenters. The van der Waals surface area contributed by atoms with Crippen LogP contribution in [0.3, 0.4) is 0 Å². The third-order valence-corrected chi connectivity index (χ3v) is 4.31. The van der Waals surface area contributed by atoms with Crippen molar-refractivity contribution in [2.75, 3.05) is 0 Å². The van der Waals surface area contributed by atoms with Gasteiger partial charge >= 0.3 is 0 Å². The molecule has 1 rings (SSSR count). The molecule has 0 spiro atoms. The molecular formula is C14H29N. The van der Waals surface area contributed by atoms with Gasteiger partial charge < -0.3 is 5.32 Å². The highest BCUT2D eigenvalue weighted by Gasteiger charge is 2.30. The monoisotopic (exact) mass is 211 g/mol. The van der Waals surface area contributed by atoms with E-state index in [1.54, 1.807) is 0 Å². The zero-order valence-electron chi connectivity index (χ0n) is 11.1. The number of hydrogen-bond donors (Lipinski definition) is 1. The molecule has 0 heterocycles. The highest BCUT2D eigenvalue weighted by molar-refractivity contribution is 4.86. The summed E-state index contributed by atoms with van der Waals surface area (Å²) in [5, 5.41) is 3.88. The molecule has 1 nitrogen and oxygen atoms in total. The summed E-state index contributed by atoms with van der Waals surface area (Å²) in [6.07, 6.45) is 8.17. The van der Waals surface area contributed by atoms with E-state index in [1.165, 1.54) is 38.5 Å². The van der Waals surface area contributed by atoms with Crippen molar-refractivity contribution in [1.29, 1.82) is 0 Å². The Labute approximate surface area is 96.0 Å². The fraction of sp³-hybridized carbons (Fsp3) is 1.00. The Balaban J connectivity index is 2.31. The van der Waals surface area contributed by atoms with Crippen molar-refractivity contribution in [2.45, 2.75) is 78.3 Å². The first-order valence-corrected chi connectivity index (χ1v) is 6.95. The molecule has 0 radical (unpaired) electrons. The Morgan fingerprint density at radius 2 is 1.93 bits per heavy atom. The van der Waals surface area contributed by atoms with Gasteiger partial charge in [-0.1, -0.05) is 40.5 Å². The molecule has 1 saturated carbocycles. The molecule has 0 bridgehead atoms. The molecule has 0 aliphatic heterocycles. The van der Waals surface area contributed by atoms with Gasteiger partial charge in [-0.15, -0.1) is 0 Å². The summed E-state index contributed by atoms with van der Waals surface area (Å²) >= 11 is 0. The highest BCUT2D eigenvalue weighted by atomic mass is 15.0. The second kappa shape index (κ2) is 6.52. The normalized spacial score (nSPS) is 33.2. The summed E-state index contributed by atoms with van der Waals surface area (Å²) in [6.45, 7) is 9.42. The van der Waals surface area contributed by atoms with E-state index in [0.717, 1.165) is 23.9 Å². The molecule has 1 fully saturated rings. The lowest BCUT2D eigenvalue weighted by Gasteiger charge is -2.26. The second-order valence-electron chi connectivity index (χ2n) is 5.43.